The lowest BCUT2D eigenvalue weighted by Gasteiger charge is -2.28. The van der Waals surface area contributed by atoms with Gasteiger partial charge in [-0.25, -0.2) is 4.79 Å². The Morgan fingerprint density at radius 1 is 1.24 bits per heavy atom. The summed E-state index contributed by atoms with van der Waals surface area (Å²) in [6, 6.07) is 2.67. The van der Waals surface area contributed by atoms with Crippen LogP contribution in [0.5, 0.6) is 0 Å². The van der Waals surface area contributed by atoms with Crippen LogP contribution in [0.1, 0.15) is 41.6 Å². The number of esters is 1. The molecule has 0 radical (unpaired) electrons. The number of rotatable bonds is 4. The molecule has 2 atom stereocenters. The standard InChI is InChI=1S/C17H18F3NO4/c1-25-16(24)14(11-3-2-4-13(22)9-11)21-15(23)10-5-7-12(8-6-10)17(18,19)20/h5-8,11,14H,2-4,9H2,1H3,(H,21,23)/t11-,14-/m1/s1. The van der Waals surface area contributed by atoms with Gasteiger partial charge in [-0.3, -0.25) is 9.59 Å². The van der Waals surface area contributed by atoms with Crippen LogP contribution in [0.4, 0.5) is 13.2 Å². The molecule has 25 heavy (non-hydrogen) atoms. The van der Waals surface area contributed by atoms with Gasteiger partial charge in [-0.1, -0.05) is 0 Å². The maximum atomic E-state index is 12.6. The largest absolute Gasteiger partial charge is 0.467 e. The maximum absolute atomic E-state index is 12.6. The Morgan fingerprint density at radius 2 is 1.88 bits per heavy atom. The van der Waals surface area contributed by atoms with Gasteiger partial charge in [0.05, 0.1) is 12.7 Å². The number of benzene rings is 1. The summed E-state index contributed by atoms with van der Waals surface area (Å²) in [4.78, 5) is 35.9. The van der Waals surface area contributed by atoms with Gasteiger partial charge in [-0.15, -0.1) is 0 Å². The summed E-state index contributed by atoms with van der Waals surface area (Å²) in [5.74, 6) is -1.75. The van der Waals surface area contributed by atoms with E-state index in [1.54, 1.807) is 0 Å². The Bertz CT molecular complexity index is 655. The van der Waals surface area contributed by atoms with Crippen LogP contribution in [0.25, 0.3) is 0 Å². The van der Waals surface area contributed by atoms with E-state index in [1.807, 2.05) is 0 Å². The van der Waals surface area contributed by atoms with Gasteiger partial charge in [0, 0.05) is 18.4 Å². The van der Waals surface area contributed by atoms with E-state index in [1.165, 1.54) is 7.11 Å². The molecule has 0 spiro atoms. The molecule has 1 fully saturated rings. The zero-order valence-corrected chi connectivity index (χ0v) is 13.6. The van der Waals surface area contributed by atoms with E-state index in [-0.39, 0.29) is 23.7 Å². The molecule has 1 aromatic carbocycles. The van der Waals surface area contributed by atoms with Crippen LogP contribution in [0.3, 0.4) is 0 Å². The van der Waals surface area contributed by atoms with E-state index in [9.17, 15) is 27.6 Å². The topological polar surface area (TPSA) is 72.5 Å². The number of carbonyl (C=O) groups is 3. The molecule has 0 heterocycles. The Labute approximate surface area is 142 Å². The summed E-state index contributed by atoms with van der Waals surface area (Å²) in [7, 11) is 1.17. The molecule has 1 N–H and O–H groups in total. The predicted octanol–water partition coefficient (Wildman–Crippen LogP) is 2.74. The summed E-state index contributed by atoms with van der Waals surface area (Å²) in [5.41, 5.74) is -0.879. The fourth-order valence-corrected chi connectivity index (χ4v) is 2.87. The number of amides is 1. The molecule has 0 aliphatic heterocycles. The van der Waals surface area contributed by atoms with Crippen molar-refractivity contribution in [2.75, 3.05) is 7.11 Å². The first-order chi connectivity index (χ1) is 11.7. The first-order valence-corrected chi connectivity index (χ1v) is 7.80. The van der Waals surface area contributed by atoms with Gasteiger partial charge in [0.15, 0.2) is 0 Å². The molecular weight excluding hydrogens is 339 g/mol. The van der Waals surface area contributed by atoms with E-state index in [0.717, 1.165) is 24.3 Å². The van der Waals surface area contributed by atoms with Gasteiger partial charge in [0.1, 0.15) is 11.8 Å². The molecule has 1 aromatic rings. The molecule has 0 aromatic heterocycles. The zero-order valence-electron chi connectivity index (χ0n) is 13.6. The highest BCUT2D eigenvalue weighted by molar-refractivity contribution is 5.97. The number of ether oxygens (including phenoxy) is 1. The normalized spacial score (nSPS) is 19.2. The van der Waals surface area contributed by atoms with Crippen LogP contribution >= 0.6 is 0 Å². The van der Waals surface area contributed by atoms with Crippen molar-refractivity contribution in [2.24, 2.45) is 5.92 Å². The lowest BCUT2D eigenvalue weighted by molar-refractivity contribution is -0.145. The fourth-order valence-electron chi connectivity index (χ4n) is 2.87. The van der Waals surface area contributed by atoms with Crippen molar-refractivity contribution in [1.82, 2.24) is 5.32 Å². The van der Waals surface area contributed by atoms with E-state index < -0.39 is 29.7 Å². The molecule has 0 saturated heterocycles. The first kappa shape index (κ1) is 19.0. The highest BCUT2D eigenvalue weighted by atomic mass is 19.4. The van der Waals surface area contributed by atoms with Gasteiger partial charge < -0.3 is 10.1 Å². The van der Waals surface area contributed by atoms with Crippen LogP contribution in [-0.4, -0.2) is 30.8 Å². The van der Waals surface area contributed by atoms with E-state index in [0.29, 0.717) is 19.3 Å². The van der Waals surface area contributed by atoms with Crippen molar-refractivity contribution in [3.05, 3.63) is 35.4 Å². The molecule has 1 aliphatic rings. The molecule has 136 valence electrons. The van der Waals surface area contributed by atoms with E-state index >= 15 is 0 Å². The Balaban J connectivity index is 2.13. The molecular formula is C17H18F3NO4. The number of Topliss-reactive ketones (excluding diaryl/α,β-unsaturated/α-hetero) is 1. The second-order valence-corrected chi connectivity index (χ2v) is 5.94. The first-order valence-electron chi connectivity index (χ1n) is 7.80. The molecule has 1 aliphatic carbocycles. The van der Waals surface area contributed by atoms with Gasteiger partial charge in [0.25, 0.3) is 5.91 Å². The van der Waals surface area contributed by atoms with E-state index in [2.05, 4.69) is 10.1 Å². The predicted molar refractivity (Wildman–Crippen MR) is 81.7 cm³/mol. The number of methoxy groups -OCH3 is 1. The van der Waals surface area contributed by atoms with Gasteiger partial charge in [-0.2, -0.15) is 13.2 Å². The molecule has 0 bridgehead atoms. The van der Waals surface area contributed by atoms with Crippen molar-refractivity contribution in [3.63, 3.8) is 0 Å². The third-order valence-corrected chi connectivity index (χ3v) is 4.21. The third kappa shape index (κ3) is 4.80. The number of carbonyl (C=O) groups excluding carboxylic acids is 3. The number of hydrogen-bond donors (Lipinski definition) is 1. The lowest BCUT2D eigenvalue weighted by Crippen LogP contribution is -2.48. The van der Waals surface area contributed by atoms with Crippen molar-refractivity contribution in [3.8, 4) is 0 Å². The Kier molecular flexibility index (Phi) is 5.81. The summed E-state index contributed by atoms with van der Waals surface area (Å²) >= 11 is 0. The third-order valence-electron chi connectivity index (χ3n) is 4.21. The highest BCUT2D eigenvalue weighted by Gasteiger charge is 2.35. The highest BCUT2D eigenvalue weighted by Crippen LogP contribution is 2.29. The minimum atomic E-state index is -4.49. The van der Waals surface area contributed by atoms with Crippen molar-refractivity contribution in [2.45, 2.75) is 37.9 Å². The van der Waals surface area contributed by atoms with Crippen molar-refractivity contribution >= 4 is 17.7 Å². The van der Waals surface area contributed by atoms with Crippen LogP contribution in [-0.2, 0) is 20.5 Å². The number of ketones is 1. The zero-order chi connectivity index (χ0) is 18.6. The minimum absolute atomic E-state index is 0.00827. The van der Waals surface area contributed by atoms with Crippen LogP contribution < -0.4 is 5.32 Å². The number of alkyl halides is 3. The number of hydrogen-bond acceptors (Lipinski definition) is 4. The maximum Gasteiger partial charge on any atom is 0.416 e. The summed E-state index contributed by atoms with van der Waals surface area (Å²) in [5, 5.41) is 2.49. The molecule has 1 saturated carbocycles. The smallest absolute Gasteiger partial charge is 0.416 e. The monoisotopic (exact) mass is 357 g/mol. The molecule has 8 heteroatoms. The van der Waals surface area contributed by atoms with Crippen LogP contribution in [0, 0.1) is 5.92 Å². The minimum Gasteiger partial charge on any atom is -0.467 e. The molecule has 0 unspecified atom stereocenters. The van der Waals surface area contributed by atoms with Crippen LogP contribution in [0.15, 0.2) is 24.3 Å². The SMILES string of the molecule is COC(=O)[C@H](NC(=O)c1ccc(C(F)(F)F)cc1)[C@@H]1CCCC(=O)C1. The molecule has 2 rings (SSSR count). The number of nitrogens with one attached hydrogen (secondary N) is 1. The quantitative estimate of drug-likeness (QED) is 0.841. The summed E-state index contributed by atoms with van der Waals surface area (Å²) in [6.07, 6.45) is -2.69. The van der Waals surface area contributed by atoms with Crippen LogP contribution in [0.2, 0.25) is 0 Å². The summed E-state index contributed by atoms with van der Waals surface area (Å²) in [6.45, 7) is 0. The molecule has 1 amide bonds. The molecule has 5 nitrogen and oxygen atoms in total. The average Bonchev–Trinajstić information content (AvgIpc) is 2.58. The van der Waals surface area contributed by atoms with Crippen molar-refractivity contribution < 1.29 is 32.3 Å². The Hall–Kier alpha value is -2.38. The average molecular weight is 357 g/mol. The second-order valence-electron chi connectivity index (χ2n) is 5.94. The lowest BCUT2D eigenvalue weighted by atomic mass is 9.83. The van der Waals surface area contributed by atoms with Gasteiger partial charge >= 0.3 is 12.1 Å². The van der Waals surface area contributed by atoms with Gasteiger partial charge in [0.2, 0.25) is 0 Å². The van der Waals surface area contributed by atoms with Gasteiger partial charge in [-0.05, 0) is 43.0 Å². The van der Waals surface area contributed by atoms with E-state index in [4.69, 9.17) is 0 Å². The number of halogens is 3. The second kappa shape index (κ2) is 7.67. The fraction of sp³-hybridized carbons (Fsp3) is 0.471. The van der Waals surface area contributed by atoms with Crippen molar-refractivity contribution in [1.29, 1.82) is 0 Å². The summed E-state index contributed by atoms with van der Waals surface area (Å²) < 4.78 is 42.4. The Morgan fingerprint density at radius 3 is 2.40 bits per heavy atom.